The first-order valence-electron chi connectivity index (χ1n) is 13.0. The molecule has 3 aromatic rings. The molecule has 1 aromatic carbocycles. The van der Waals surface area contributed by atoms with Gasteiger partial charge in [-0.25, -0.2) is 4.98 Å². The monoisotopic (exact) mass is 461 g/mol. The van der Waals surface area contributed by atoms with Gasteiger partial charge < -0.3 is 14.3 Å². The number of amides is 1. The summed E-state index contributed by atoms with van der Waals surface area (Å²) in [5, 5.41) is 5.28. The van der Waals surface area contributed by atoms with Crippen molar-refractivity contribution >= 4 is 22.8 Å². The lowest BCUT2D eigenvalue weighted by Gasteiger charge is -2.28. The number of fused-ring (bicyclic) bond motifs is 1. The molecule has 2 fully saturated rings. The maximum absolute atomic E-state index is 13.2. The predicted molar refractivity (Wildman–Crippen MR) is 134 cm³/mol. The highest BCUT2D eigenvalue weighted by Crippen LogP contribution is 2.34. The second-order valence-corrected chi connectivity index (χ2v) is 9.65. The number of aromatic nitrogens is 3. The van der Waals surface area contributed by atoms with E-state index in [0.717, 1.165) is 93.0 Å². The van der Waals surface area contributed by atoms with Crippen molar-refractivity contribution in [1.82, 2.24) is 20.0 Å². The topological polar surface area (TPSA) is 75.4 Å². The molecule has 0 radical (unpaired) electrons. The molecule has 0 spiro atoms. The first-order valence-corrected chi connectivity index (χ1v) is 13.0. The minimum atomic E-state index is 0.217. The fourth-order valence-electron chi connectivity index (χ4n) is 5.31. The normalized spacial score (nSPS) is 17.8. The Kier molecular flexibility index (Phi) is 7.07. The second-order valence-electron chi connectivity index (χ2n) is 9.65. The van der Waals surface area contributed by atoms with Crippen molar-refractivity contribution in [2.75, 3.05) is 31.1 Å². The van der Waals surface area contributed by atoms with Crippen LogP contribution < -0.4 is 4.90 Å². The lowest BCUT2D eigenvalue weighted by atomic mass is 9.88. The smallest absolute Gasteiger partial charge is 0.263 e. The van der Waals surface area contributed by atoms with Crippen LogP contribution >= 0.6 is 0 Å². The van der Waals surface area contributed by atoms with Gasteiger partial charge in [0.05, 0.1) is 0 Å². The molecule has 2 aliphatic rings. The summed E-state index contributed by atoms with van der Waals surface area (Å²) in [5.74, 6) is 2.27. The summed E-state index contributed by atoms with van der Waals surface area (Å²) < 4.78 is 5.73. The Balaban J connectivity index is 1.45. The summed E-state index contributed by atoms with van der Waals surface area (Å²) in [7, 11) is 0. The molecule has 34 heavy (non-hydrogen) atoms. The second kappa shape index (κ2) is 10.5. The molecule has 0 bridgehead atoms. The van der Waals surface area contributed by atoms with E-state index in [2.05, 4.69) is 21.9 Å². The maximum Gasteiger partial charge on any atom is 0.263 e. The number of rotatable bonds is 6. The van der Waals surface area contributed by atoms with Crippen molar-refractivity contribution in [3.8, 4) is 11.3 Å². The van der Waals surface area contributed by atoms with Crippen LogP contribution in [0.15, 0.2) is 34.9 Å². The fraction of sp³-hybridized carbons (Fsp3) is 0.556. The molecule has 1 aliphatic heterocycles. The van der Waals surface area contributed by atoms with Gasteiger partial charge in [0, 0.05) is 44.1 Å². The molecule has 3 heterocycles. The highest BCUT2D eigenvalue weighted by molar-refractivity contribution is 5.98. The van der Waals surface area contributed by atoms with Crippen molar-refractivity contribution in [3.63, 3.8) is 0 Å². The molecule has 7 heteroatoms. The number of benzene rings is 1. The number of nitrogens with zero attached hydrogens (tertiary/aromatic N) is 5. The zero-order valence-electron chi connectivity index (χ0n) is 20.2. The molecule has 0 unspecified atom stereocenters. The Morgan fingerprint density at radius 3 is 2.62 bits per heavy atom. The third-order valence-corrected chi connectivity index (χ3v) is 7.23. The summed E-state index contributed by atoms with van der Waals surface area (Å²) in [4.78, 5) is 27.3. The molecule has 0 atom stereocenters. The van der Waals surface area contributed by atoms with Crippen LogP contribution in [0, 0.1) is 5.92 Å². The van der Waals surface area contributed by atoms with Gasteiger partial charge >= 0.3 is 0 Å². The van der Waals surface area contributed by atoms with Gasteiger partial charge in [-0.05, 0) is 25.7 Å². The summed E-state index contributed by atoms with van der Waals surface area (Å²) >= 11 is 0. The Morgan fingerprint density at radius 2 is 1.82 bits per heavy atom. The average molecular weight is 462 g/mol. The Morgan fingerprint density at radius 1 is 1.00 bits per heavy atom. The van der Waals surface area contributed by atoms with E-state index in [1.165, 1.54) is 19.3 Å². The first-order chi connectivity index (χ1) is 16.7. The van der Waals surface area contributed by atoms with E-state index in [1.807, 2.05) is 30.3 Å². The molecular formula is C27H35N5O2. The van der Waals surface area contributed by atoms with Gasteiger partial charge in [0.2, 0.25) is 5.91 Å². The predicted octanol–water partition coefficient (Wildman–Crippen LogP) is 5.25. The quantitative estimate of drug-likeness (QED) is 0.499. The van der Waals surface area contributed by atoms with E-state index in [4.69, 9.17) is 14.5 Å². The van der Waals surface area contributed by atoms with Gasteiger partial charge in [-0.2, -0.15) is 4.98 Å². The van der Waals surface area contributed by atoms with Crippen LogP contribution in [0.25, 0.3) is 22.4 Å². The van der Waals surface area contributed by atoms with Crippen LogP contribution in [0.1, 0.15) is 64.1 Å². The maximum atomic E-state index is 13.2. The standard InChI is InChI=1S/C27H35N5O2/c1-2-3-15-22-28-25(23-24(30-34-26(23)29-22)20-11-6-4-7-12-20)31-16-10-17-32(19-18-31)27(33)21-13-8-5-9-14-21/h4,6-7,11-12,21H,2-3,5,8-10,13-19H2,1H3. The summed E-state index contributed by atoms with van der Waals surface area (Å²) in [6, 6.07) is 10.1. The molecule has 1 amide bonds. The van der Waals surface area contributed by atoms with Gasteiger partial charge in [0.25, 0.3) is 5.71 Å². The van der Waals surface area contributed by atoms with Crippen molar-refractivity contribution in [3.05, 3.63) is 36.2 Å². The molecule has 1 saturated carbocycles. The number of hydrogen-bond acceptors (Lipinski definition) is 6. The van der Waals surface area contributed by atoms with E-state index in [-0.39, 0.29) is 5.92 Å². The van der Waals surface area contributed by atoms with Crippen molar-refractivity contribution < 1.29 is 9.32 Å². The van der Waals surface area contributed by atoms with E-state index in [9.17, 15) is 4.79 Å². The Labute approximate surface area is 201 Å². The van der Waals surface area contributed by atoms with Crippen LogP contribution in [-0.4, -0.2) is 52.1 Å². The molecule has 1 saturated heterocycles. The Hall–Kier alpha value is -2.96. The van der Waals surface area contributed by atoms with E-state index in [1.54, 1.807) is 0 Å². The zero-order chi connectivity index (χ0) is 23.3. The van der Waals surface area contributed by atoms with E-state index >= 15 is 0 Å². The van der Waals surface area contributed by atoms with Gasteiger partial charge in [-0.1, -0.05) is 68.1 Å². The molecule has 2 aromatic heterocycles. The van der Waals surface area contributed by atoms with Crippen molar-refractivity contribution in [1.29, 1.82) is 0 Å². The zero-order valence-corrected chi connectivity index (χ0v) is 20.2. The third kappa shape index (κ3) is 4.79. The van der Waals surface area contributed by atoms with Gasteiger partial charge in [0.1, 0.15) is 22.7 Å². The minimum absolute atomic E-state index is 0.217. The van der Waals surface area contributed by atoms with Crippen LogP contribution in [0.2, 0.25) is 0 Å². The van der Waals surface area contributed by atoms with E-state index in [0.29, 0.717) is 11.6 Å². The highest BCUT2D eigenvalue weighted by atomic mass is 16.5. The van der Waals surface area contributed by atoms with Crippen LogP contribution in [0.3, 0.4) is 0 Å². The highest BCUT2D eigenvalue weighted by Gasteiger charge is 2.29. The molecular weight excluding hydrogens is 426 g/mol. The van der Waals surface area contributed by atoms with Crippen molar-refractivity contribution in [2.24, 2.45) is 5.92 Å². The summed E-state index contributed by atoms with van der Waals surface area (Å²) in [6.45, 7) is 5.34. The molecule has 1 aliphatic carbocycles. The van der Waals surface area contributed by atoms with Crippen LogP contribution in [0.5, 0.6) is 0 Å². The largest absolute Gasteiger partial charge is 0.354 e. The lowest BCUT2D eigenvalue weighted by Crippen LogP contribution is -2.39. The SMILES string of the molecule is CCCCc1nc(N2CCCN(C(=O)C3CCCCC3)CC2)c2c(-c3ccccc3)noc2n1. The number of carbonyl (C=O) groups is 1. The van der Waals surface area contributed by atoms with Gasteiger partial charge in [-0.15, -0.1) is 0 Å². The summed E-state index contributed by atoms with van der Waals surface area (Å²) in [5.41, 5.74) is 2.33. The van der Waals surface area contributed by atoms with E-state index < -0.39 is 0 Å². The number of carbonyl (C=O) groups excluding carboxylic acids is 1. The average Bonchev–Trinajstić information content (AvgIpc) is 3.16. The fourth-order valence-corrected chi connectivity index (χ4v) is 5.31. The third-order valence-electron chi connectivity index (χ3n) is 7.23. The molecule has 180 valence electrons. The lowest BCUT2D eigenvalue weighted by molar-refractivity contribution is -0.136. The molecule has 7 nitrogen and oxygen atoms in total. The number of unbranched alkanes of at least 4 members (excludes halogenated alkanes) is 1. The van der Waals surface area contributed by atoms with Gasteiger partial charge in [0.15, 0.2) is 0 Å². The van der Waals surface area contributed by atoms with Crippen molar-refractivity contribution in [2.45, 2.75) is 64.7 Å². The first kappa shape index (κ1) is 22.8. The number of aryl methyl sites for hydroxylation is 1. The molecule has 5 rings (SSSR count). The van der Waals surface area contributed by atoms with Crippen LogP contribution in [0.4, 0.5) is 5.82 Å². The summed E-state index contributed by atoms with van der Waals surface area (Å²) in [6.07, 6.45) is 9.61. The van der Waals surface area contributed by atoms with Gasteiger partial charge in [-0.3, -0.25) is 4.79 Å². The number of anilines is 1. The number of hydrogen-bond donors (Lipinski definition) is 0. The molecule has 0 N–H and O–H groups in total. The van der Waals surface area contributed by atoms with Crippen LogP contribution in [-0.2, 0) is 11.2 Å². The minimum Gasteiger partial charge on any atom is -0.354 e. The Bertz CT molecular complexity index is 1110.